The lowest BCUT2D eigenvalue weighted by molar-refractivity contribution is -0.128. The highest BCUT2D eigenvalue weighted by atomic mass is 32.2. The molecule has 7 nitrogen and oxygen atoms in total. The predicted octanol–water partition coefficient (Wildman–Crippen LogP) is 5.38. The molecule has 38 heavy (non-hydrogen) atoms. The first-order valence-electron chi connectivity index (χ1n) is 12.8. The van der Waals surface area contributed by atoms with Crippen LogP contribution >= 0.6 is 11.8 Å². The molecule has 0 aliphatic heterocycles. The van der Waals surface area contributed by atoms with Gasteiger partial charge in [0.05, 0.1) is 11.8 Å². The Labute approximate surface area is 227 Å². The molecule has 202 valence electrons. The first kappa shape index (κ1) is 27.0. The van der Waals surface area contributed by atoms with E-state index in [1.165, 1.54) is 23.9 Å². The molecule has 2 bridgehead atoms. The number of fused-ring (bicyclic) bond motifs is 2. The summed E-state index contributed by atoms with van der Waals surface area (Å²) in [4.78, 5) is 12.9. The van der Waals surface area contributed by atoms with Gasteiger partial charge in [0.1, 0.15) is 11.6 Å². The fraction of sp³-hybridized carbons (Fsp3) is 0.464. The minimum absolute atomic E-state index is 0.0686. The monoisotopic (exact) mass is 556 g/mol. The molecule has 0 spiro atoms. The fourth-order valence-electron chi connectivity index (χ4n) is 6.12. The molecule has 2 aromatic carbocycles. The van der Waals surface area contributed by atoms with E-state index >= 15 is 0 Å². The quantitative estimate of drug-likeness (QED) is 0.356. The normalized spacial score (nSPS) is 23.2. The van der Waals surface area contributed by atoms with Gasteiger partial charge in [-0.15, -0.1) is 10.2 Å². The van der Waals surface area contributed by atoms with Gasteiger partial charge in [-0.1, -0.05) is 55.4 Å². The number of nitrogens with zero attached hydrogens (tertiary/aromatic N) is 3. The summed E-state index contributed by atoms with van der Waals surface area (Å²) in [5.74, 6) is 0.813. The molecule has 2 fully saturated rings. The van der Waals surface area contributed by atoms with Crippen LogP contribution in [0.5, 0.6) is 0 Å². The summed E-state index contributed by atoms with van der Waals surface area (Å²) in [6, 6.07) is 13.5. The number of carbonyl (C=O) groups excluding carboxylic acids is 1. The van der Waals surface area contributed by atoms with Gasteiger partial charge in [0.15, 0.2) is 11.0 Å². The molecule has 1 N–H and O–H groups in total. The Kier molecular flexibility index (Phi) is 7.02. The summed E-state index contributed by atoms with van der Waals surface area (Å²) >= 11 is 1.44. The second-order valence-electron chi connectivity index (χ2n) is 11.2. The molecule has 10 heteroatoms. The van der Waals surface area contributed by atoms with Gasteiger partial charge in [-0.25, -0.2) is 17.5 Å². The second kappa shape index (κ2) is 9.88. The summed E-state index contributed by atoms with van der Waals surface area (Å²) in [5, 5.41) is 9.37. The van der Waals surface area contributed by atoms with Crippen LogP contribution in [0.25, 0.3) is 5.69 Å². The first-order chi connectivity index (χ1) is 17.9. The third-order valence-electron chi connectivity index (χ3n) is 8.55. The molecule has 1 aromatic heterocycles. The van der Waals surface area contributed by atoms with Gasteiger partial charge in [-0.3, -0.25) is 9.36 Å². The Morgan fingerprint density at radius 2 is 1.82 bits per heavy atom. The topological polar surface area (TPSA) is 93.9 Å². The number of benzene rings is 2. The van der Waals surface area contributed by atoms with E-state index in [1.807, 2.05) is 49.6 Å². The van der Waals surface area contributed by atoms with E-state index in [0.29, 0.717) is 29.6 Å². The SMILES string of the molecule is Cc1ccc(-n2c(SCc3ccc(F)cc3)nnc2C(C)NS(=O)(=O)CC23CCC(CC2=O)C3(C)C)cc1. The molecule has 2 saturated carbocycles. The number of aromatic nitrogens is 3. The Hall–Kier alpha value is -2.56. The van der Waals surface area contributed by atoms with Crippen LogP contribution in [0.2, 0.25) is 0 Å². The van der Waals surface area contributed by atoms with Crippen molar-refractivity contribution in [3.8, 4) is 5.69 Å². The Morgan fingerprint density at radius 1 is 1.13 bits per heavy atom. The van der Waals surface area contributed by atoms with E-state index in [4.69, 9.17) is 0 Å². The minimum atomic E-state index is -3.81. The molecule has 5 rings (SSSR count). The number of ketones is 1. The average molecular weight is 557 g/mol. The maximum absolute atomic E-state index is 13.5. The van der Waals surface area contributed by atoms with Crippen LogP contribution in [-0.2, 0) is 20.6 Å². The summed E-state index contributed by atoms with van der Waals surface area (Å²) in [6.07, 6.45) is 1.97. The molecule has 3 aromatic rings. The number of aryl methyl sites for hydroxylation is 1. The van der Waals surface area contributed by atoms with Crippen molar-refractivity contribution >= 4 is 27.6 Å². The van der Waals surface area contributed by atoms with Crippen LogP contribution in [-0.4, -0.2) is 34.7 Å². The van der Waals surface area contributed by atoms with Crippen molar-refractivity contribution < 1.29 is 17.6 Å². The van der Waals surface area contributed by atoms with Gasteiger partial charge in [0.2, 0.25) is 10.0 Å². The number of nitrogens with one attached hydrogen (secondary N) is 1. The number of Topliss-reactive ketones (excluding diaryl/α,β-unsaturated/α-hetero) is 1. The standard InChI is InChI=1S/C28H33FN4O3S2/c1-18-5-11-23(12-6-18)33-25(30-31-26(33)37-16-20-7-9-22(29)10-8-20)19(2)32-38(35,36)17-28-14-13-21(15-24(28)34)27(28,3)4/h5-12,19,21,32H,13-17H2,1-4H3. The summed E-state index contributed by atoms with van der Waals surface area (Å²) in [6.45, 7) is 7.81. The molecule has 0 saturated heterocycles. The van der Waals surface area contributed by atoms with Crippen molar-refractivity contribution in [1.82, 2.24) is 19.5 Å². The zero-order valence-electron chi connectivity index (χ0n) is 22.1. The number of hydrogen-bond acceptors (Lipinski definition) is 6. The Morgan fingerprint density at radius 3 is 2.42 bits per heavy atom. The average Bonchev–Trinajstić information content (AvgIpc) is 3.44. The van der Waals surface area contributed by atoms with Gasteiger partial charge in [-0.05, 0) is 67.9 Å². The molecule has 0 radical (unpaired) electrons. The van der Waals surface area contributed by atoms with Crippen molar-refractivity contribution in [2.24, 2.45) is 16.7 Å². The summed E-state index contributed by atoms with van der Waals surface area (Å²) < 4.78 is 44.9. The molecule has 3 unspecified atom stereocenters. The van der Waals surface area contributed by atoms with Gasteiger partial charge in [0, 0.05) is 23.3 Å². The highest BCUT2D eigenvalue weighted by Crippen LogP contribution is 2.64. The third kappa shape index (κ3) is 4.82. The molecule has 2 aliphatic rings. The maximum Gasteiger partial charge on any atom is 0.213 e. The number of hydrogen-bond donors (Lipinski definition) is 1. The number of carbonyl (C=O) groups is 1. The highest BCUT2D eigenvalue weighted by molar-refractivity contribution is 7.98. The maximum atomic E-state index is 13.5. The number of halogens is 1. The van der Waals surface area contributed by atoms with Crippen LogP contribution in [0.3, 0.4) is 0 Å². The zero-order valence-corrected chi connectivity index (χ0v) is 23.7. The highest BCUT2D eigenvalue weighted by Gasteiger charge is 2.65. The van der Waals surface area contributed by atoms with E-state index in [1.54, 1.807) is 19.1 Å². The van der Waals surface area contributed by atoms with Crippen molar-refractivity contribution in [3.05, 3.63) is 71.3 Å². The van der Waals surface area contributed by atoms with E-state index < -0.39 is 21.5 Å². The lowest BCUT2D eigenvalue weighted by Crippen LogP contribution is -2.45. The third-order valence-corrected chi connectivity index (χ3v) is 11.1. The molecular formula is C28H33FN4O3S2. The van der Waals surface area contributed by atoms with E-state index in [2.05, 4.69) is 14.9 Å². The second-order valence-corrected chi connectivity index (χ2v) is 13.9. The van der Waals surface area contributed by atoms with Crippen LogP contribution in [0, 0.1) is 29.5 Å². The van der Waals surface area contributed by atoms with Crippen molar-refractivity contribution in [2.75, 3.05) is 5.75 Å². The van der Waals surface area contributed by atoms with Gasteiger partial charge in [-0.2, -0.15) is 0 Å². The zero-order chi connectivity index (χ0) is 27.3. The number of sulfonamides is 1. The lowest BCUT2D eigenvalue weighted by Gasteiger charge is -2.36. The Balaban J connectivity index is 1.41. The largest absolute Gasteiger partial charge is 0.299 e. The molecule has 3 atom stereocenters. The lowest BCUT2D eigenvalue weighted by atomic mass is 9.70. The molecule has 2 aliphatic carbocycles. The van der Waals surface area contributed by atoms with Crippen molar-refractivity contribution in [3.63, 3.8) is 0 Å². The van der Waals surface area contributed by atoms with Crippen LogP contribution in [0.15, 0.2) is 53.7 Å². The van der Waals surface area contributed by atoms with E-state index in [-0.39, 0.29) is 28.7 Å². The minimum Gasteiger partial charge on any atom is -0.299 e. The van der Waals surface area contributed by atoms with Crippen molar-refractivity contribution in [1.29, 1.82) is 0 Å². The van der Waals surface area contributed by atoms with Gasteiger partial charge < -0.3 is 0 Å². The number of thioether (sulfide) groups is 1. The molecule has 1 heterocycles. The Bertz CT molecular complexity index is 1450. The summed E-state index contributed by atoms with van der Waals surface area (Å²) in [7, 11) is -3.81. The number of rotatable bonds is 9. The first-order valence-corrected chi connectivity index (χ1v) is 15.5. The smallest absolute Gasteiger partial charge is 0.213 e. The van der Waals surface area contributed by atoms with Crippen LogP contribution < -0.4 is 4.72 Å². The fourth-order valence-corrected chi connectivity index (χ4v) is 9.08. The van der Waals surface area contributed by atoms with Crippen molar-refractivity contribution in [2.45, 2.75) is 63.9 Å². The summed E-state index contributed by atoms with van der Waals surface area (Å²) in [5.41, 5.74) is 1.66. The van der Waals surface area contributed by atoms with Gasteiger partial charge in [0.25, 0.3) is 0 Å². The molecular weight excluding hydrogens is 523 g/mol. The van der Waals surface area contributed by atoms with Crippen LogP contribution in [0.4, 0.5) is 4.39 Å². The predicted molar refractivity (Wildman–Crippen MR) is 146 cm³/mol. The van der Waals surface area contributed by atoms with E-state index in [9.17, 15) is 17.6 Å². The van der Waals surface area contributed by atoms with E-state index in [0.717, 1.165) is 23.2 Å². The van der Waals surface area contributed by atoms with Crippen LogP contribution in [0.1, 0.15) is 63.0 Å². The van der Waals surface area contributed by atoms with Gasteiger partial charge >= 0.3 is 0 Å². The molecule has 0 amide bonds.